The second-order valence-corrected chi connectivity index (χ2v) is 8.57. The maximum absolute atomic E-state index is 14.1. The summed E-state index contributed by atoms with van der Waals surface area (Å²) in [5.41, 5.74) is 1.55. The van der Waals surface area contributed by atoms with Gasteiger partial charge < -0.3 is 15.0 Å². The van der Waals surface area contributed by atoms with Crippen LogP contribution >= 0.6 is 0 Å². The average molecular weight is 505 g/mol. The third-order valence-electron chi connectivity index (χ3n) is 6.27. The van der Waals surface area contributed by atoms with E-state index in [4.69, 9.17) is 16.3 Å². The van der Waals surface area contributed by atoms with Crippen LogP contribution in [-0.4, -0.2) is 45.3 Å². The van der Waals surface area contributed by atoms with Gasteiger partial charge >= 0.3 is 6.01 Å². The molecule has 2 aromatic carbocycles. The number of ether oxygens (including phenoxy) is 1. The van der Waals surface area contributed by atoms with Crippen LogP contribution in [0.15, 0.2) is 53.3 Å². The maximum Gasteiger partial charge on any atom is 0.307 e. The molecule has 0 amide bonds. The third kappa shape index (κ3) is 4.67. The summed E-state index contributed by atoms with van der Waals surface area (Å²) in [4.78, 5) is 29.3. The van der Waals surface area contributed by atoms with E-state index in [0.717, 1.165) is 26.2 Å². The van der Waals surface area contributed by atoms with Gasteiger partial charge in [-0.3, -0.25) is 13.9 Å². The summed E-state index contributed by atoms with van der Waals surface area (Å²) in [5, 5.41) is 12.9. The van der Waals surface area contributed by atoms with Gasteiger partial charge in [0.2, 0.25) is 5.95 Å². The summed E-state index contributed by atoms with van der Waals surface area (Å²) in [5.74, 6) is 6.85. The molecule has 0 atom stereocenters. The lowest BCUT2D eigenvalue weighted by atomic mass is 10.2. The van der Waals surface area contributed by atoms with Crippen molar-refractivity contribution in [2.45, 2.75) is 20.0 Å². The Kier molecular flexibility index (Phi) is 7.04. The Morgan fingerprint density at radius 3 is 2.63 bits per heavy atom. The van der Waals surface area contributed by atoms with Crippen molar-refractivity contribution < 1.29 is 4.74 Å². The van der Waals surface area contributed by atoms with Gasteiger partial charge in [0, 0.05) is 32.7 Å². The average Bonchev–Trinajstić information content (AvgIpc) is 3.33. The van der Waals surface area contributed by atoms with Gasteiger partial charge in [-0.05, 0) is 24.6 Å². The van der Waals surface area contributed by atoms with Crippen molar-refractivity contribution in [3.63, 3.8) is 0 Å². The summed E-state index contributed by atoms with van der Waals surface area (Å²) in [6.45, 7) is 12.7. The number of aromatic nitrogens is 4. The van der Waals surface area contributed by atoms with Crippen LogP contribution in [0.3, 0.4) is 0 Å². The Bertz CT molecular complexity index is 1710. The van der Waals surface area contributed by atoms with Gasteiger partial charge in [-0.15, -0.1) is 5.92 Å². The summed E-state index contributed by atoms with van der Waals surface area (Å²) in [7, 11) is 0. The number of rotatable bonds is 6. The van der Waals surface area contributed by atoms with Gasteiger partial charge in [0.25, 0.3) is 5.56 Å². The van der Waals surface area contributed by atoms with Gasteiger partial charge in [-0.2, -0.15) is 15.2 Å². The highest BCUT2D eigenvalue weighted by atomic mass is 16.5. The zero-order chi connectivity index (χ0) is 26.5. The highest BCUT2D eigenvalue weighted by Gasteiger charge is 2.25. The Balaban J connectivity index is 1.74. The number of para-hydroxylation sites is 2. The fourth-order valence-electron chi connectivity index (χ4n) is 4.39. The van der Waals surface area contributed by atoms with Crippen molar-refractivity contribution >= 4 is 22.8 Å². The molecule has 5 rings (SSSR count). The largest absolute Gasteiger partial charge is 0.424 e. The van der Waals surface area contributed by atoms with Crippen molar-refractivity contribution in [3.8, 4) is 29.7 Å². The Morgan fingerprint density at radius 2 is 1.87 bits per heavy atom. The molecule has 10 nitrogen and oxygen atoms in total. The number of nitriles is 1. The molecular weight excluding hydrogens is 480 g/mol. The fraction of sp³-hybridized carbons (Fsp3) is 0.250. The predicted molar refractivity (Wildman–Crippen MR) is 143 cm³/mol. The number of hydrogen-bond donors (Lipinski definition) is 1. The first-order valence-electron chi connectivity index (χ1n) is 12.1. The normalized spacial score (nSPS) is 12.9. The molecule has 1 aliphatic heterocycles. The smallest absolute Gasteiger partial charge is 0.307 e. The number of hydrogen-bond acceptors (Lipinski definition) is 7. The number of fused-ring (bicyclic) bond motifs is 1. The van der Waals surface area contributed by atoms with Crippen LogP contribution in [0.2, 0.25) is 0 Å². The van der Waals surface area contributed by atoms with Gasteiger partial charge in [-0.1, -0.05) is 42.3 Å². The van der Waals surface area contributed by atoms with E-state index in [1.54, 1.807) is 54.0 Å². The van der Waals surface area contributed by atoms with Crippen molar-refractivity contribution in [1.82, 2.24) is 24.4 Å². The molecule has 1 aliphatic rings. The van der Waals surface area contributed by atoms with Crippen LogP contribution in [0.1, 0.15) is 18.1 Å². The first-order chi connectivity index (χ1) is 18.6. The molecular formula is C28H24N8O2. The first kappa shape index (κ1) is 24.6. The highest BCUT2D eigenvalue weighted by molar-refractivity contribution is 5.75. The minimum atomic E-state index is -0.369. The fourth-order valence-corrected chi connectivity index (χ4v) is 4.39. The van der Waals surface area contributed by atoms with E-state index < -0.39 is 0 Å². The highest BCUT2D eigenvalue weighted by Crippen LogP contribution is 2.28. The van der Waals surface area contributed by atoms with E-state index in [-0.39, 0.29) is 36.1 Å². The lowest BCUT2D eigenvalue weighted by molar-refractivity contribution is 0.406. The molecule has 0 aliphatic carbocycles. The Labute approximate surface area is 219 Å². The van der Waals surface area contributed by atoms with Crippen LogP contribution < -0.4 is 20.5 Å². The van der Waals surface area contributed by atoms with Gasteiger partial charge in [0.1, 0.15) is 11.8 Å². The number of nitrogens with one attached hydrogen (secondary N) is 1. The molecule has 1 N–H and O–H groups in total. The number of nitrogens with zero attached hydrogens (tertiary/aromatic N) is 7. The molecule has 0 spiro atoms. The monoisotopic (exact) mass is 504 g/mol. The Hall–Kier alpha value is -5.11. The molecule has 4 aromatic rings. The Morgan fingerprint density at radius 1 is 1.11 bits per heavy atom. The summed E-state index contributed by atoms with van der Waals surface area (Å²) >= 11 is 0. The summed E-state index contributed by atoms with van der Waals surface area (Å²) in [6.07, 6.45) is 0. The zero-order valence-electron chi connectivity index (χ0n) is 20.8. The van der Waals surface area contributed by atoms with Crippen LogP contribution in [-0.2, 0) is 13.1 Å². The number of anilines is 1. The molecule has 38 heavy (non-hydrogen) atoms. The second kappa shape index (κ2) is 10.9. The molecule has 2 aromatic heterocycles. The van der Waals surface area contributed by atoms with Gasteiger partial charge in [0.15, 0.2) is 16.9 Å². The third-order valence-corrected chi connectivity index (χ3v) is 6.27. The van der Waals surface area contributed by atoms with Crippen molar-refractivity contribution in [1.29, 1.82) is 5.26 Å². The molecule has 1 fully saturated rings. The van der Waals surface area contributed by atoms with E-state index in [2.05, 4.69) is 38.0 Å². The second-order valence-electron chi connectivity index (χ2n) is 8.57. The van der Waals surface area contributed by atoms with Crippen molar-refractivity contribution in [2.24, 2.45) is 0 Å². The number of benzene rings is 2. The summed E-state index contributed by atoms with van der Waals surface area (Å²) in [6, 6.07) is 15.9. The van der Waals surface area contributed by atoms with Crippen molar-refractivity contribution in [2.75, 3.05) is 31.1 Å². The van der Waals surface area contributed by atoms with Gasteiger partial charge in [0.05, 0.1) is 18.7 Å². The molecule has 0 radical (unpaired) electrons. The van der Waals surface area contributed by atoms with E-state index >= 15 is 0 Å². The summed E-state index contributed by atoms with van der Waals surface area (Å²) < 4.78 is 9.28. The molecule has 0 unspecified atom stereocenters. The molecule has 188 valence electrons. The van der Waals surface area contributed by atoms with Gasteiger partial charge in [-0.25, -0.2) is 4.85 Å². The van der Waals surface area contributed by atoms with Crippen LogP contribution in [0.25, 0.3) is 16.0 Å². The van der Waals surface area contributed by atoms with Crippen LogP contribution in [0, 0.1) is 29.7 Å². The maximum atomic E-state index is 14.1. The topological polar surface area (TPSA) is 105 Å². The minimum Gasteiger partial charge on any atom is -0.424 e. The first-order valence-corrected chi connectivity index (χ1v) is 12.1. The van der Waals surface area contributed by atoms with Crippen LogP contribution in [0.5, 0.6) is 11.8 Å². The molecule has 0 saturated carbocycles. The molecule has 0 bridgehead atoms. The van der Waals surface area contributed by atoms with E-state index in [9.17, 15) is 10.1 Å². The van der Waals surface area contributed by atoms with Crippen LogP contribution in [0.4, 0.5) is 11.6 Å². The van der Waals surface area contributed by atoms with Crippen molar-refractivity contribution in [3.05, 3.63) is 81.4 Å². The van der Waals surface area contributed by atoms with E-state index in [1.165, 1.54) is 4.57 Å². The number of imidazole rings is 1. The molecule has 3 heterocycles. The molecule has 1 saturated heterocycles. The zero-order valence-corrected chi connectivity index (χ0v) is 20.8. The number of piperazine rings is 1. The quantitative estimate of drug-likeness (QED) is 0.317. The molecule has 10 heteroatoms. The lowest BCUT2D eigenvalue weighted by Crippen LogP contribution is -2.44. The standard InChI is InChI=1S/C28H24N8O2/c1-3-4-15-35-24-25(32-27(35)34-16-13-31-14-17-34)33-28(38-23-12-8-6-9-20(23)18-29)36(26(24)37)19-21-10-5-7-11-22(21)30-2/h5-12,31H,13-17,19H2,1H3. The SMILES string of the molecule is [C-]#[N+]c1ccccc1Cn1c(Oc2ccccc2C#N)nc2nc(N3CCNCC3)n(CC#CC)c2c1=O. The predicted octanol–water partition coefficient (Wildman–Crippen LogP) is 3.29. The minimum absolute atomic E-state index is 0.0110. The van der Waals surface area contributed by atoms with E-state index in [0.29, 0.717) is 28.3 Å². The van der Waals surface area contributed by atoms with E-state index in [1.807, 2.05) is 6.07 Å². The lowest BCUT2D eigenvalue weighted by Gasteiger charge is -2.28.